The van der Waals surface area contributed by atoms with Gasteiger partial charge in [-0.3, -0.25) is 4.79 Å². The van der Waals surface area contributed by atoms with Gasteiger partial charge in [0.05, 0.1) is 6.04 Å². The van der Waals surface area contributed by atoms with Gasteiger partial charge in [-0.15, -0.1) is 0 Å². The lowest BCUT2D eigenvalue weighted by atomic mass is 9.95. The smallest absolute Gasteiger partial charge is 0.274 e. The quantitative estimate of drug-likeness (QED) is 0.769. The lowest BCUT2D eigenvalue weighted by Crippen LogP contribution is -2.38. The van der Waals surface area contributed by atoms with Gasteiger partial charge in [0.2, 0.25) is 0 Å². The molecule has 1 amide bonds. The molecule has 27 heavy (non-hydrogen) atoms. The van der Waals surface area contributed by atoms with Crippen molar-refractivity contribution in [1.82, 2.24) is 19.5 Å². The molecular weight excluding hydrogens is 347 g/mol. The van der Waals surface area contributed by atoms with Gasteiger partial charge in [0.15, 0.2) is 11.3 Å². The molecule has 3 aromatic rings. The van der Waals surface area contributed by atoms with E-state index >= 15 is 0 Å². The van der Waals surface area contributed by atoms with Crippen molar-refractivity contribution >= 4 is 11.6 Å². The van der Waals surface area contributed by atoms with Gasteiger partial charge in [-0.05, 0) is 48.9 Å². The second kappa shape index (κ2) is 7.44. The van der Waals surface area contributed by atoms with Crippen LogP contribution in [0, 0.1) is 5.82 Å². The first-order valence-corrected chi connectivity index (χ1v) is 9.17. The minimum absolute atomic E-state index is 0.0351. The summed E-state index contributed by atoms with van der Waals surface area (Å²) in [5, 5.41) is 13.5. The van der Waals surface area contributed by atoms with Gasteiger partial charge in [-0.25, -0.2) is 13.9 Å². The van der Waals surface area contributed by atoms with Crippen molar-refractivity contribution in [2.45, 2.75) is 31.7 Å². The predicted molar refractivity (Wildman–Crippen MR) is 97.8 cm³/mol. The maximum atomic E-state index is 13.3. The number of piperidine rings is 1. The fraction of sp³-hybridized carbons (Fsp3) is 0.350. The van der Waals surface area contributed by atoms with Crippen molar-refractivity contribution < 1.29 is 14.3 Å². The van der Waals surface area contributed by atoms with E-state index in [1.807, 2.05) is 4.90 Å². The summed E-state index contributed by atoms with van der Waals surface area (Å²) in [7, 11) is 0. The molecule has 1 N–H and O–H groups in total. The number of aliphatic hydroxyl groups is 1. The van der Waals surface area contributed by atoms with E-state index in [0.717, 1.165) is 30.4 Å². The Kier molecular flexibility index (Phi) is 4.85. The number of hydrogen-bond donors (Lipinski definition) is 1. The molecular formula is C20H21FN4O2. The van der Waals surface area contributed by atoms with Crippen LogP contribution < -0.4 is 0 Å². The number of carbonyl (C=O) groups is 1. The third-order valence-electron chi connectivity index (χ3n) is 5.00. The molecule has 0 radical (unpaired) electrons. The summed E-state index contributed by atoms with van der Waals surface area (Å²) in [6, 6.07) is 7.97. The maximum absolute atomic E-state index is 13.3. The molecule has 1 fully saturated rings. The van der Waals surface area contributed by atoms with Crippen LogP contribution in [0.25, 0.3) is 5.65 Å². The Morgan fingerprint density at radius 3 is 2.85 bits per heavy atom. The minimum atomic E-state index is -0.280. The zero-order chi connectivity index (χ0) is 18.8. The molecule has 0 bridgehead atoms. The highest BCUT2D eigenvalue weighted by Gasteiger charge is 2.30. The van der Waals surface area contributed by atoms with E-state index in [1.165, 1.54) is 12.1 Å². The Bertz CT molecular complexity index is 954. The Balaban J connectivity index is 1.63. The molecule has 4 rings (SSSR count). The first-order valence-electron chi connectivity index (χ1n) is 9.17. The lowest BCUT2D eigenvalue weighted by molar-refractivity contribution is 0.0605. The third kappa shape index (κ3) is 3.55. The normalized spacial score (nSPS) is 17.4. The SMILES string of the molecule is O=C(c1cc2ncc(CCO)cn2n1)N1CCCCC1c1ccc(F)cc1. The van der Waals surface area contributed by atoms with Crippen molar-refractivity contribution in [1.29, 1.82) is 0 Å². The van der Waals surface area contributed by atoms with E-state index in [4.69, 9.17) is 5.11 Å². The standard InChI is InChI=1S/C20H21FN4O2/c21-16-6-4-15(5-7-16)18-3-1-2-9-24(18)20(27)17-11-19-22-12-14(8-10-26)13-25(19)23-17/h4-7,11-13,18,26H,1-3,8-10H2. The van der Waals surface area contributed by atoms with Crippen LogP contribution in [0.2, 0.25) is 0 Å². The summed E-state index contributed by atoms with van der Waals surface area (Å²) in [6.07, 6.45) is 6.78. The molecule has 1 saturated heterocycles. The number of halogens is 1. The average molecular weight is 368 g/mol. The van der Waals surface area contributed by atoms with Gasteiger partial charge in [-0.2, -0.15) is 5.10 Å². The average Bonchev–Trinajstić information content (AvgIpc) is 3.12. The number of fused-ring (bicyclic) bond motifs is 1. The predicted octanol–water partition coefficient (Wildman–Crippen LogP) is 2.77. The topological polar surface area (TPSA) is 70.7 Å². The number of likely N-dealkylation sites (tertiary alicyclic amines) is 1. The van der Waals surface area contributed by atoms with Crippen LogP contribution in [0.4, 0.5) is 4.39 Å². The summed E-state index contributed by atoms with van der Waals surface area (Å²) in [4.78, 5) is 19.3. The molecule has 1 aliphatic rings. The number of hydrogen-bond acceptors (Lipinski definition) is 4. The van der Waals surface area contributed by atoms with Crippen molar-refractivity contribution in [2.75, 3.05) is 13.2 Å². The van der Waals surface area contributed by atoms with Crippen LogP contribution in [0.3, 0.4) is 0 Å². The molecule has 0 spiro atoms. The Labute approximate surface area is 156 Å². The Morgan fingerprint density at radius 1 is 1.26 bits per heavy atom. The molecule has 0 saturated carbocycles. The minimum Gasteiger partial charge on any atom is -0.396 e. The second-order valence-corrected chi connectivity index (χ2v) is 6.83. The molecule has 1 atom stereocenters. The van der Waals surface area contributed by atoms with Gasteiger partial charge in [-0.1, -0.05) is 12.1 Å². The fourth-order valence-corrected chi connectivity index (χ4v) is 3.63. The first kappa shape index (κ1) is 17.6. The Morgan fingerprint density at radius 2 is 2.07 bits per heavy atom. The molecule has 140 valence electrons. The number of rotatable bonds is 4. The molecule has 6 nitrogen and oxygen atoms in total. The van der Waals surface area contributed by atoms with Gasteiger partial charge >= 0.3 is 0 Å². The molecule has 1 aromatic carbocycles. The maximum Gasteiger partial charge on any atom is 0.274 e. The number of aliphatic hydroxyl groups excluding tert-OH is 1. The highest BCUT2D eigenvalue weighted by Crippen LogP contribution is 2.32. The van der Waals surface area contributed by atoms with Gasteiger partial charge < -0.3 is 10.0 Å². The summed E-state index contributed by atoms with van der Waals surface area (Å²) in [5.41, 5.74) is 2.74. The van der Waals surface area contributed by atoms with E-state index < -0.39 is 0 Å². The zero-order valence-corrected chi connectivity index (χ0v) is 14.9. The van der Waals surface area contributed by atoms with Crippen LogP contribution in [-0.4, -0.2) is 43.7 Å². The monoisotopic (exact) mass is 368 g/mol. The highest BCUT2D eigenvalue weighted by atomic mass is 19.1. The second-order valence-electron chi connectivity index (χ2n) is 6.83. The number of amides is 1. The van der Waals surface area contributed by atoms with E-state index in [0.29, 0.717) is 24.3 Å². The molecule has 7 heteroatoms. The van der Waals surface area contributed by atoms with Crippen molar-refractivity contribution in [2.24, 2.45) is 0 Å². The van der Waals surface area contributed by atoms with E-state index in [1.54, 1.807) is 35.1 Å². The number of nitrogens with zero attached hydrogens (tertiary/aromatic N) is 4. The van der Waals surface area contributed by atoms with Crippen LogP contribution in [0.5, 0.6) is 0 Å². The largest absolute Gasteiger partial charge is 0.396 e. The number of carbonyl (C=O) groups excluding carboxylic acids is 1. The summed E-state index contributed by atoms with van der Waals surface area (Å²) >= 11 is 0. The van der Waals surface area contributed by atoms with Crippen molar-refractivity contribution in [3.05, 3.63) is 65.4 Å². The number of benzene rings is 1. The molecule has 1 aliphatic heterocycles. The third-order valence-corrected chi connectivity index (χ3v) is 5.00. The van der Waals surface area contributed by atoms with Gasteiger partial charge in [0, 0.05) is 31.6 Å². The Hall–Kier alpha value is -2.80. The van der Waals surface area contributed by atoms with Crippen LogP contribution in [0.1, 0.15) is 46.9 Å². The van der Waals surface area contributed by atoms with E-state index in [9.17, 15) is 9.18 Å². The summed E-state index contributed by atoms with van der Waals surface area (Å²) < 4.78 is 14.8. The first-order chi connectivity index (χ1) is 13.2. The summed E-state index contributed by atoms with van der Waals surface area (Å²) in [5.74, 6) is -0.421. The van der Waals surface area contributed by atoms with Crippen LogP contribution in [-0.2, 0) is 6.42 Å². The molecule has 3 heterocycles. The van der Waals surface area contributed by atoms with Crippen LogP contribution in [0.15, 0.2) is 42.7 Å². The lowest BCUT2D eigenvalue weighted by Gasteiger charge is -2.35. The summed E-state index contributed by atoms with van der Waals surface area (Å²) in [6.45, 7) is 0.686. The van der Waals surface area contributed by atoms with E-state index in [-0.39, 0.29) is 24.4 Å². The van der Waals surface area contributed by atoms with Gasteiger partial charge in [0.1, 0.15) is 5.82 Å². The fourth-order valence-electron chi connectivity index (χ4n) is 3.63. The van der Waals surface area contributed by atoms with Crippen LogP contribution >= 0.6 is 0 Å². The molecule has 2 aromatic heterocycles. The van der Waals surface area contributed by atoms with Gasteiger partial charge in [0.25, 0.3) is 5.91 Å². The highest BCUT2D eigenvalue weighted by molar-refractivity contribution is 5.93. The van der Waals surface area contributed by atoms with E-state index in [2.05, 4.69) is 10.1 Å². The molecule has 1 unspecified atom stereocenters. The zero-order valence-electron chi connectivity index (χ0n) is 14.9. The number of aromatic nitrogens is 3. The van der Waals surface area contributed by atoms with Crippen molar-refractivity contribution in [3.8, 4) is 0 Å². The van der Waals surface area contributed by atoms with Crippen molar-refractivity contribution in [3.63, 3.8) is 0 Å². The molecule has 0 aliphatic carbocycles.